The van der Waals surface area contributed by atoms with Gasteiger partial charge in [0.05, 0.1) is 10.9 Å². The lowest BCUT2D eigenvalue weighted by Crippen LogP contribution is -2.18. The van der Waals surface area contributed by atoms with Gasteiger partial charge in [-0.3, -0.25) is 14.0 Å². The largest absolute Gasteiger partial charge is 0.294 e. The third-order valence-corrected chi connectivity index (χ3v) is 3.49. The number of hydrogen-bond donors (Lipinski definition) is 0. The first-order valence-electron chi connectivity index (χ1n) is 6.56. The standard InChI is InChI=1S/C16H14N2O2/c1-3-11-7-8-14-17-13-6-4-5-12(10(2)19)15(13)16(20)18(14)9-11/h4-9H,3H2,1-2H3. The number of hydrogen-bond acceptors (Lipinski definition) is 3. The first-order valence-corrected chi connectivity index (χ1v) is 6.56. The van der Waals surface area contributed by atoms with Gasteiger partial charge >= 0.3 is 0 Å². The molecule has 0 aliphatic rings. The van der Waals surface area contributed by atoms with Gasteiger partial charge in [0, 0.05) is 11.8 Å². The van der Waals surface area contributed by atoms with Gasteiger partial charge in [-0.15, -0.1) is 0 Å². The molecule has 0 amide bonds. The normalized spacial score (nSPS) is 11.1. The highest BCUT2D eigenvalue weighted by atomic mass is 16.1. The van der Waals surface area contributed by atoms with E-state index in [1.165, 1.54) is 11.3 Å². The predicted molar refractivity (Wildman–Crippen MR) is 78.4 cm³/mol. The Balaban J connectivity index is 2.52. The van der Waals surface area contributed by atoms with Crippen LogP contribution in [-0.2, 0) is 6.42 Å². The molecule has 0 saturated carbocycles. The first kappa shape index (κ1) is 12.5. The fourth-order valence-electron chi connectivity index (χ4n) is 2.40. The lowest BCUT2D eigenvalue weighted by Gasteiger charge is -2.07. The first-order chi connectivity index (χ1) is 9.61. The van der Waals surface area contributed by atoms with Crippen molar-refractivity contribution in [2.75, 3.05) is 0 Å². The Morgan fingerprint density at radius 2 is 2.05 bits per heavy atom. The highest BCUT2D eigenvalue weighted by Crippen LogP contribution is 2.15. The molecule has 3 rings (SSSR count). The zero-order valence-electron chi connectivity index (χ0n) is 11.4. The molecule has 100 valence electrons. The third kappa shape index (κ3) is 1.81. The van der Waals surface area contributed by atoms with Crippen molar-refractivity contribution in [1.29, 1.82) is 0 Å². The van der Waals surface area contributed by atoms with Crippen molar-refractivity contribution in [3.63, 3.8) is 0 Å². The molecule has 0 radical (unpaired) electrons. The van der Waals surface area contributed by atoms with Gasteiger partial charge in [-0.25, -0.2) is 4.98 Å². The molecule has 0 spiro atoms. The van der Waals surface area contributed by atoms with Crippen LogP contribution in [0.25, 0.3) is 16.6 Å². The van der Waals surface area contributed by atoms with Crippen LogP contribution in [0.15, 0.2) is 41.3 Å². The van der Waals surface area contributed by atoms with Crippen LogP contribution in [0.2, 0.25) is 0 Å². The van der Waals surface area contributed by atoms with Gasteiger partial charge in [0.2, 0.25) is 0 Å². The molecule has 0 fully saturated rings. The maximum Gasteiger partial charge on any atom is 0.266 e. The van der Waals surface area contributed by atoms with E-state index in [0.29, 0.717) is 22.1 Å². The van der Waals surface area contributed by atoms with E-state index in [0.717, 1.165) is 12.0 Å². The van der Waals surface area contributed by atoms with Gasteiger partial charge in [0.15, 0.2) is 5.78 Å². The Morgan fingerprint density at radius 1 is 1.25 bits per heavy atom. The van der Waals surface area contributed by atoms with E-state index in [-0.39, 0.29) is 11.3 Å². The molecule has 0 bridgehead atoms. The molecule has 2 heterocycles. The summed E-state index contributed by atoms with van der Waals surface area (Å²) in [6.07, 6.45) is 2.63. The highest BCUT2D eigenvalue weighted by Gasteiger charge is 2.12. The number of nitrogens with zero attached hydrogens (tertiary/aromatic N) is 2. The molecule has 2 aromatic heterocycles. The predicted octanol–water partition coefficient (Wildman–Crippen LogP) is 2.61. The summed E-state index contributed by atoms with van der Waals surface area (Å²) in [7, 11) is 0. The van der Waals surface area contributed by atoms with Gasteiger partial charge in [-0.05, 0) is 31.0 Å². The van der Waals surface area contributed by atoms with E-state index in [4.69, 9.17) is 0 Å². The number of ketones is 1. The molecule has 4 heteroatoms. The van der Waals surface area contributed by atoms with E-state index in [1.54, 1.807) is 24.4 Å². The Labute approximate surface area is 115 Å². The molecule has 0 unspecified atom stereocenters. The van der Waals surface area contributed by atoms with E-state index in [2.05, 4.69) is 4.98 Å². The number of carbonyl (C=O) groups excluding carboxylic acids is 1. The van der Waals surface area contributed by atoms with Crippen molar-refractivity contribution in [3.05, 3.63) is 58.0 Å². The summed E-state index contributed by atoms with van der Waals surface area (Å²) in [5.74, 6) is -0.124. The molecule has 20 heavy (non-hydrogen) atoms. The smallest absolute Gasteiger partial charge is 0.266 e. The minimum Gasteiger partial charge on any atom is -0.294 e. The Kier molecular flexibility index (Phi) is 2.86. The number of aryl methyl sites for hydroxylation is 1. The second-order valence-electron chi connectivity index (χ2n) is 4.79. The number of fused-ring (bicyclic) bond motifs is 2. The van der Waals surface area contributed by atoms with Crippen LogP contribution < -0.4 is 5.56 Å². The summed E-state index contributed by atoms with van der Waals surface area (Å²) < 4.78 is 1.52. The Hall–Kier alpha value is -2.49. The average Bonchev–Trinajstić information content (AvgIpc) is 2.46. The van der Waals surface area contributed by atoms with Crippen molar-refractivity contribution in [2.45, 2.75) is 20.3 Å². The number of benzene rings is 1. The molecular weight excluding hydrogens is 252 g/mol. The number of carbonyl (C=O) groups is 1. The second-order valence-corrected chi connectivity index (χ2v) is 4.79. The minimum absolute atomic E-state index is 0.124. The minimum atomic E-state index is -0.189. The fraction of sp³-hybridized carbons (Fsp3) is 0.188. The van der Waals surface area contributed by atoms with Crippen molar-refractivity contribution in [2.24, 2.45) is 0 Å². The second kappa shape index (κ2) is 4.56. The molecule has 0 aliphatic carbocycles. The van der Waals surface area contributed by atoms with Crippen LogP contribution in [0.3, 0.4) is 0 Å². The van der Waals surface area contributed by atoms with E-state index in [1.807, 2.05) is 19.1 Å². The van der Waals surface area contributed by atoms with Crippen LogP contribution in [0.5, 0.6) is 0 Å². The molecule has 1 aromatic carbocycles. The lowest BCUT2D eigenvalue weighted by atomic mass is 10.1. The van der Waals surface area contributed by atoms with Crippen LogP contribution in [-0.4, -0.2) is 15.2 Å². The monoisotopic (exact) mass is 266 g/mol. The van der Waals surface area contributed by atoms with Gasteiger partial charge in [-0.1, -0.05) is 25.1 Å². The van der Waals surface area contributed by atoms with Crippen molar-refractivity contribution >= 4 is 22.3 Å². The van der Waals surface area contributed by atoms with E-state index in [9.17, 15) is 9.59 Å². The van der Waals surface area contributed by atoms with Crippen molar-refractivity contribution < 1.29 is 4.79 Å². The summed E-state index contributed by atoms with van der Waals surface area (Å²) in [6.45, 7) is 3.49. The molecule has 0 atom stereocenters. The van der Waals surface area contributed by atoms with Crippen LogP contribution >= 0.6 is 0 Å². The summed E-state index contributed by atoms with van der Waals surface area (Å²) >= 11 is 0. The SMILES string of the molecule is CCc1ccc2nc3cccc(C(C)=O)c3c(=O)n2c1. The van der Waals surface area contributed by atoms with Gasteiger partial charge < -0.3 is 0 Å². The molecular formula is C16H14N2O2. The highest BCUT2D eigenvalue weighted by molar-refractivity contribution is 6.06. The maximum absolute atomic E-state index is 12.7. The maximum atomic E-state index is 12.7. The molecule has 0 aliphatic heterocycles. The van der Waals surface area contributed by atoms with Gasteiger partial charge in [0.1, 0.15) is 5.65 Å². The zero-order chi connectivity index (χ0) is 14.3. The number of Topliss-reactive ketones (excluding diaryl/α,β-unsaturated/α-hetero) is 1. The average molecular weight is 266 g/mol. The van der Waals surface area contributed by atoms with Gasteiger partial charge in [0.25, 0.3) is 5.56 Å². The number of aromatic nitrogens is 2. The number of pyridine rings is 1. The van der Waals surface area contributed by atoms with E-state index < -0.39 is 0 Å². The van der Waals surface area contributed by atoms with Crippen molar-refractivity contribution in [1.82, 2.24) is 9.38 Å². The lowest BCUT2D eigenvalue weighted by molar-refractivity contribution is 0.101. The third-order valence-electron chi connectivity index (χ3n) is 3.49. The number of rotatable bonds is 2. The Bertz CT molecular complexity index is 894. The zero-order valence-corrected chi connectivity index (χ0v) is 11.4. The van der Waals surface area contributed by atoms with Crippen LogP contribution in [0.1, 0.15) is 29.8 Å². The summed E-state index contributed by atoms with van der Waals surface area (Å²) in [5, 5.41) is 0.394. The van der Waals surface area contributed by atoms with E-state index >= 15 is 0 Å². The topological polar surface area (TPSA) is 51.4 Å². The summed E-state index contributed by atoms with van der Waals surface area (Å²) in [5.41, 5.74) is 2.45. The molecule has 3 aromatic rings. The van der Waals surface area contributed by atoms with Gasteiger partial charge in [-0.2, -0.15) is 0 Å². The van der Waals surface area contributed by atoms with Crippen LogP contribution in [0.4, 0.5) is 0 Å². The fourth-order valence-corrected chi connectivity index (χ4v) is 2.40. The Morgan fingerprint density at radius 3 is 2.75 bits per heavy atom. The molecule has 4 nitrogen and oxygen atoms in total. The molecule has 0 saturated heterocycles. The summed E-state index contributed by atoms with van der Waals surface area (Å²) in [6, 6.07) is 8.98. The quantitative estimate of drug-likeness (QED) is 0.529. The van der Waals surface area contributed by atoms with Crippen molar-refractivity contribution in [3.8, 4) is 0 Å². The van der Waals surface area contributed by atoms with Crippen LogP contribution in [0, 0.1) is 0 Å². The summed E-state index contributed by atoms with van der Waals surface area (Å²) in [4.78, 5) is 28.8. The molecule has 0 N–H and O–H groups in total.